The highest BCUT2D eigenvalue weighted by atomic mass is 16.5. The van der Waals surface area contributed by atoms with Crippen LogP contribution in [0.4, 0.5) is 0 Å². The molecule has 0 N–H and O–H groups in total. The molecule has 2 aromatic rings. The van der Waals surface area contributed by atoms with Gasteiger partial charge in [-0.05, 0) is 32.8 Å². The molecule has 2 saturated heterocycles. The number of carbonyl (C=O) groups excluding carboxylic acids is 2. The SMILES string of the molecule is CC1CN(C(=O)C2CCN(C(=O)c3cn(C)c4ccccc34)CC2)CC(C)O1. The van der Waals surface area contributed by atoms with Crippen molar-refractivity contribution in [1.29, 1.82) is 0 Å². The molecule has 2 aliphatic rings. The molecule has 4 rings (SSSR count). The monoisotopic (exact) mass is 383 g/mol. The number of rotatable bonds is 2. The van der Waals surface area contributed by atoms with Gasteiger partial charge in [-0.2, -0.15) is 0 Å². The molecular weight excluding hydrogens is 354 g/mol. The molecular formula is C22H29N3O3. The summed E-state index contributed by atoms with van der Waals surface area (Å²) in [5.41, 5.74) is 1.81. The Bertz CT molecular complexity index is 872. The average molecular weight is 383 g/mol. The maximum Gasteiger partial charge on any atom is 0.256 e. The Morgan fingerprint density at radius 1 is 1.00 bits per heavy atom. The van der Waals surface area contributed by atoms with Crippen LogP contribution in [-0.4, -0.2) is 64.6 Å². The second kappa shape index (κ2) is 7.59. The van der Waals surface area contributed by atoms with Gasteiger partial charge >= 0.3 is 0 Å². The van der Waals surface area contributed by atoms with E-state index in [9.17, 15) is 9.59 Å². The third-order valence-electron chi connectivity index (χ3n) is 5.99. The number of para-hydroxylation sites is 1. The number of nitrogens with zero attached hydrogens (tertiary/aromatic N) is 3. The fraction of sp³-hybridized carbons (Fsp3) is 0.545. The standard InChI is InChI=1S/C22H29N3O3/c1-15-12-25(13-16(2)28-15)21(26)17-8-10-24(11-9-17)22(27)19-14-23(3)20-7-5-4-6-18(19)20/h4-7,14-17H,8-13H2,1-3H3. The van der Waals surface area contributed by atoms with Crippen LogP contribution in [0.2, 0.25) is 0 Å². The minimum absolute atomic E-state index is 0.00840. The molecule has 0 saturated carbocycles. The third-order valence-corrected chi connectivity index (χ3v) is 5.99. The molecule has 6 nitrogen and oxygen atoms in total. The van der Waals surface area contributed by atoms with E-state index in [0.717, 1.165) is 29.3 Å². The van der Waals surface area contributed by atoms with Crippen LogP contribution in [0, 0.1) is 5.92 Å². The number of carbonyl (C=O) groups is 2. The number of morpholine rings is 1. The maximum absolute atomic E-state index is 13.1. The van der Waals surface area contributed by atoms with Crippen molar-refractivity contribution < 1.29 is 14.3 Å². The number of likely N-dealkylation sites (tertiary alicyclic amines) is 1. The molecule has 1 aromatic heterocycles. The zero-order valence-corrected chi connectivity index (χ0v) is 16.9. The van der Waals surface area contributed by atoms with E-state index in [0.29, 0.717) is 26.2 Å². The van der Waals surface area contributed by atoms with Gasteiger partial charge in [-0.3, -0.25) is 9.59 Å². The van der Waals surface area contributed by atoms with Crippen LogP contribution in [0.1, 0.15) is 37.0 Å². The van der Waals surface area contributed by atoms with Crippen LogP contribution < -0.4 is 0 Å². The number of aryl methyl sites for hydroxylation is 1. The molecule has 2 amide bonds. The molecule has 150 valence electrons. The highest BCUT2D eigenvalue weighted by molar-refractivity contribution is 6.07. The van der Waals surface area contributed by atoms with Crippen molar-refractivity contribution in [3.8, 4) is 0 Å². The Hall–Kier alpha value is -2.34. The van der Waals surface area contributed by atoms with E-state index in [1.54, 1.807) is 0 Å². The Labute approximate surface area is 166 Å². The van der Waals surface area contributed by atoms with E-state index in [2.05, 4.69) is 0 Å². The number of piperidine rings is 1. The van der Waals surface area contributed by atoms with Crippen LogP contribution in [-0.2, 0) is 16.6 Å². The molecule has 2 atom stereocenters. The summed E-state index contributed by atoms with van der Waals surface area (Å²) in [4.78, 5) is 29.9. The first-order chi connectivity index (χ1) is 13.4. The maximum atomic E-state index is 13.1. The molecule has 0 spiro atoms. The molecule has 0 aliphatic carbocycles. The van der Waals surface area contributed by atoms with Gasteiger partial charge in [-0.1, -0.05) is 18.2 Å². The molecule has 3 heterocycles. The lowest BCUT2D eigenvalue weighted by Crippen LogP contribution is -2.51. The predicted octanol–water partition coefficient (Wildman–Crippen LogP) is 2.67. The Kier molecular flexibility index (Phi) is 5.15. The predicted molar refractivity (Wildman–Crippen MR) is 108 cm³/mol. The summed E-state index contributed by atoms with van der Waals surface area (Å²) in [6.45, 7) is 6.63. The highest BCUT2D eigenvalue weighted by Gasteiger charge is 2.34. The van der Waals surface area contributed by atoms with Crippen molar-refractivity contribution >= 4 is 22.7 Å². The summed E-state index contributed by atoms with van der Waals surface area (Å²) >= 11 is 0. The van der Waals surface area contributed by atoms with Gasteiger partial charge in [-0.15, -0.1) is 0 Å². The highest BCUT2D eigenvalue weighted by Crippen LogP contribution is 2.26. The van der Waals surface area contributed by atoms with Gasteiger partial charge in [0.15, 0.2) is 0 Å². The van der Waals surface area contributed by atoms with Crippen LogP contribution in [0.3, 0.4) is 0 Å². The van der Waals surface area contributed by atoms with E-state index >= 15 is 0 Å². The van der Waals surface area contributed by atoms with E-state index < -0.39 is 0 Å². The van der Waals surface area contributed by atoms with E-state index in [1.807, 2.05) is 65.7 Å². The van der Waals surface area contributed by atoms with Gasteiger partial charge in [-0.25, -0.2) is 0 Å². The molecule has 2 unspecified atom stereocenters. The Morgan fingerprint density at radius 2 is 1.64 bits per heavy atom. The first-order valence-corrected chi connectivity index (χ1v) is 10.2. The normalized spacial score (nSPS) is 24.0. The smallest absolute Gasteiger partial charge is 0.256 e. The van der Waals surface area contributed by atoms with Gasteiger partial charge in [0.2, 0.25) is 5.91 Å². The van der Waals surface area contributed by atoms with Gasteiger partial charge in [0.1, 0.15) is 0 Å². The quantitative estimate of drug-likeness (QED) is 0.801. The first kappa shape index (κ1) is 19.0. The summed E-state index contributed by atoms with van der Waals surface area (Å²) < 4.78 is 7.74. The molecule has 2 fully saturated rings. The minimum Gasteiger partial charge on any atom is -0.372 e. The largest absolute Gasteiger partial charge is 0.372 e. The van der Waals surface area contributed by atoms with Crippen molar-refractivity contribution in [2.45, 2.75) is 38.9 Å². The third kappa shape index (κ3) is 3.53. The number of aromatic nitrogens is 1. The zero-order chi connectivity index (χ0) is 19.8. The fourth-order valence-electron chi connectivity index (χ4n) is 4.63. The van der Waals surface area contributed by atoms with Gasteiger partial charge in [0, 0.05) is 56.2 Å². The summed E-state index contributed by atoms with van der Waals surface area (Å²) in [5.74, 6) is 0.296. The van der Waals surface area contributed by atoms with Crippen molar-refractivity contribution in [2.75, 3.05) is 26.2 Å². The molecule has 0 radical (unpaired) electrons. The summed E-state index contributed by atoms with van der Waals surface area (Å²) in [6, 6.07) is 7.98. The molecule has 6 heteroatoms. The Morgan fingerprint density at radius 3 is 2.32 bits per heavy atom. The van der Waals surface area contributed by atoms with E-state index in [1.165, 1.54) is 0 Å². The van der Waals surface area contributed by atoms with E-state index in [-0.39, 0.29) is 29.9 Å². The molecule has 0 bridgehead atoms. The van der Waals surface area contributed by atoms with E-state index in [4.69, 9.17) is 4.74 Å². The summed E-state index contributed by atoms with van der Waals surface area (Å²) in [5, 5.41) is 0.990. The lowest BCUT2D eigenvalue weighted by molar-refractivity contribution is -0.148. The van der Waals surface area contributed by atoms with Crippen molar-refractivity contribution in [1.82, 2.24) is 14.4 Å². The zero-order valence-electron chi connectivity index (χ0n) is 16.9. The fourth-order valence-corrected chi connectivity index (χ4v) is 4.63. The lowest BCUT2D eigenvalue weighted by Gasteiger charge is -2.39. The van der Waals surface area contributed by atoms with Gasteiger partial charge in [0.05, 0.1) is 17.8 Å². The number of fused-ring (bicyclic) bond motifs is 1. The first-order valence-electron chi connectivity index (χ1n) is 10.2. The van der Waals surface area contributed by atoms with Gasteiger partial charge < -0.3 is 19.1 Å². The molecule has 1 aromatic carbocycles. The topological polar surface area (TPSA) is 54.8 Å². The van der Waals surface area contributed by atoms with Crippen molar-refractivity contribution in [3.05, 3.63) is 36.0 Å². The number of hydrogen-bond acceptors (Lipinski definition) is 3. The van der Waals surface area contributed by atoms with Crippen LogP contribution in [0.15, 0.2) is 30.5 Å². The van der Waals surface area contributed by atoms with Crippen LogP contribution in [0.5, 0.6) is 0 Å². The number of hydrogen-bond donors (Lipinski definition) is 0. The summed E-state index contributed by atoms with van der Waals surface area (Å²) in [6.07, 6.45) is 3.55. The van der Waals surface area contributed by atoms with Gasteiger partial charge in [0.25, 0.3) is 5.91 Å². The number of benzene rings is 1. The van der Waals surface area contributed by atoms with Crippen LogP contribution in [0.25, 0.3) is 10.9 Å². The molecule has 28 heavy (non-hydrogen) atoms. The number of amides is 2. The Balaban J connectivity index is 1.41. The molecule has 2 aliphatic heterocycles. The average Bonchev–Trinajstić information content (AvgIpc) is 3.03. The van der Waals surface area contributed by atoms with Crippen LogP contribution >= 0.6 is 0 Å². The van der Waals surface area contributed by atoms with Crippen molar-refractivity contribution in [3.63, 3.8) is 0 Å². The minimum atomic E-state index is 0.00840. The second-order valence-electron chi connectivity index (χ2n) is 8.24. The second-order valence-corrected chi connectivity index (χ2v) is 8.24. The summed E-state index contributed by atoms with van der Waals surface area (Å²) in [7, 11) is 1.97. The lowest BCUT2D eigenvalue weighted by atomic mass is 9.94. The van der Waals surface area contributed by atoms with Crippen molar-refractivity contribution in [2.24, 2.45) is 13.0 Å². The number of ether oxygens (including phenoxy) is 1.